The van der Waals surface area contributed by atoms with E-state index in [9.17, 15) is 9.59 Å². The molecule has 6 heteroatoms. The molecule has 0 saturated heterocycles. The maximum Gasteiger partial charge on any atom is 0.272 e. The molecule has 0 unspecified atom stereocenters. The zero-order valence-electron chi connectivity index (χ0n) is 21.7. The average Bonchev–Trinajstić information content (AvgIpc) is 2.89. The van der Waals surface area contributed by atoms with Gasteiger partial charge in [0, 0.05) is 25.5 Å². The van der Waals surface area contributed by atoms with Crippen molar-refractivity contribution in [2.24, 2.45) is 5.92 Å². The second-order valence-electron chi connectivity index (χ2n) is 10.1. The Morgan fingerprint density at radius 2 is 1.69 bits per heavy atom. The minimum Gasteiger partial charge on any atom is -0.491 e. The van der Waals surface area contributed by atoms with Crippen molar-refractivity contribution in [1.29, 1.82) is 0 Å². The van der Waals surface area contributed by atoms with Crippen LogP contribution in [0.5, 0.6) is 5.75 Å². The standard InChI is InChI=1S/C30H37N3O3/c1-22(2)20-24-21-36-28-15-9-7-13-25(28)29(34)32(3)18-10-4-5-11-19-33(24)30(35)27-17-16-23-12-6-8-14-26(23)31-27/h6-9,12-17,22,24H,4-5,10-11,18-21H2,1-3H3/t24-/m0/s1. The van der Waals surface area contributed by atoms with Crippen LogP contribution in [0.4, 0.5) is 0 Å². The van der Waals surface area contributed by atoms with E-state index in [0.717, 1.165) is 43.0 Å². The minimum atomic E-state index is -0.130. The smallest absolute Gasteiger partial charge is 0.272 e. The lowest BCUT2D eigenvalue weighted by Crippen LogP contribution is -2.45. The fourth-order valence-corrected chi connectivity index (χ4v) is 4.86. The van der Waals surface area contributed by atoms with Crippen LogP contribution in [-0.2, 0) is 0 Å². The highest BCUT2D eigenvalue weighted by Crippen LogP contribution is 2.24. The molecule has 0 radical (unpaired) electrons. The van der Waals surface area contributed by atoms with Crippen molar-refractivity contribution in [1.82, 2.24) is 14.8 Å². The molecule has 0 saturated carbocycles. The highest BCUT2D eigenvalue weighted by Gasteiger charge is 2.28. The van der Waals surface area contributed by atoms with E-state index in [0.29, 0.717) is 42.6 Å². The summed E-state index contributed by atoms with van der Waals surface area (Å²) in [6, 6.07) is 18.9. The average molecular weight is 488 g/mol. The molecule has 6 nitrogen and oxygen atoms in total. The third kappa shape index (κ3) is 6.23. The van der Waals surface area contributed by atoms with Crippen molar-refractivity contribution < 1.29 is 14.3 Å². The number of carbonyl (C=O) groups is 2. The van der Waals surface area contributed by atoms with Gasteiger partial charge in [-0.1, -0.05) is 63.1 Å². The Bertz CT molecular complexity index is 1190. The molecule has 2 heterocycles. The maximum absolute atomic E-state index is 13.9. The van der Waals surface area contributed by atoms with E-state index in [1.54, 1.807) is 4.90 Å². The van der Waals surface area contributed by atoms with Crippen molar-refractivity contribution in [2.75, 3.05) is 26.7 Å². The fourth-order valence-electron chi connectivity index (χ4n) is 4.86. The summed E-state index contributed by atoms with van der Waals surface area (Å²) in [6.07, 6.45) is 4.65. The van der Waals surface area contributed by atoms with Gasteiger partial charge in [0.05, 0.1) is 17.1 Å². The number of hydrogen-bond acceptors (Lipinski definition) is 4. The van der Waals surface area contributed by atoms with Gasteiger partial charge in [-0.2, -0.15) is 0 Å². The summed E-state index contributed by atoms with van der Waals surface area (Å²) in [7, 11) is 1.85. The van der Waals surface area contributed by atoms with Gasteiger partial charge in [-0.25, -0.2) is 4.98 Å². The molecular formula is C30H37N3O3. The van der Waals surface area contributed by atoms with Gasteiger partial charge in [0.15, 0.2) is 0 Å². The van der Waals surface area contributed by atoms with Crippen LogP contribution in [0.1, 0.15) is 66.8 Å². The second kappa shape index (κ2) is 12.0. The molecule has 190 valence electrons. The zero-order chi connectivity index (χ0) is 25.5. The van der Waals surface area contributed by atoms with Gasteiger partial charge in [0.25, 0.3) is 11.8 Å². The Balaban J connectivity index is 1.66. The third-order valence-corrected chi connectivity index (χ3v) is 6.80. The molecule has 36 heavy (non-hydrogen) atoms. The van der Waals surface area contributed by atoms with Crippen LogP contribution in [0.25, 0.3) is 10.9 Å². The number of fused-ring (bicyclic) bond motifs is 2. The molecule has 3 aromatic rings. The Hall–Kier alpha value is -3.41. The van der Waals surface area contributed by atoms with Crippen molar-refractivity contribution in [3.05, 3.63) is 71.9 Å². The zero-order valence-corrected chi connectivity index (χ0v) is 21.7. The highest BCUT2D eigenvalue weighted by atomic mass is 16.5. The summed E-state index contributed by atoms with van der Waals surface area (Å²) in [6.45, 7) is 6.01. The van der Waals surface area contributed by atoms with Gasteiger partial charge in [-0.3, -0.25) is 9.59 Å². The summed E-state index contributed by atoms with van der Waals surface area (Å²) >= 11 is 0. The van der Waals surface area contributed by atoms with Gasteiger partial charge in [-0.15, -0.1) is 0 Å². The molecule has 2 amide bonds. The molecule has 0 aliphatic carbocycles. The summed E-state index contributed by atoms with van der Waals surface area (Å²) in [5, 5.41) is 1.02. The Kier molecular flexibility index (Phi) is 8.57. The minimum absolute atomic E-state index is 0.0311. The van der Waals surface area contributed by atoms with Crippen LogP contribution in [-0.4, -0.2) is 59.4 Å². The third-order valence-electron chi connectivity index (χ3n) is 6.80. The number of rotatable bonds is 3. The van der Waals surface area contributed by atoms with E-state index in [4.69, 9.17) is 9.72 Å². The predicted octanol–water partition coefficient (Wildman–Crippen LogP) is 5.82. The van der Waals surface area contributed by atoms with Crippen LogP contribution in [0.3, 0.4) is 0 Å². The van der Waals surface area contributed by atoms with Crippen molar-refractivity contribution in [3.63, 3.8) is 0 Å². The number of nitrogens with zero attached hydrogens (tertiary/aromatic N) is 3. The number of benzene rings is 2. The van der Waals surface area contributed by atoms with Crippen LogP contribution >= 0.6 is 0 Å². The topological polar surface area (TPSA) is 62.7 Å². The summed E-state index contributed by atoms with van der Waals surface area (Å²) in [5.74, 6) is 0.847. The Labute approximate surface area is 214 Å². The summed E-state index contributed by atoms with van der Waals surface area (Å²) in [4.78, 5) is 35.4. The second-order valence-corrected chi connectivity index (χ2v) is 10.1. The number of ether oxygens (including phenoxy) is 1. The normalized spacial score (nSPS) is 18.0. The molecule has 4 rings (SSSR count). The molecule has 1 atom stereocenters. The molecule has 0 spiro atoms. The first kappa shape index (κ1) is 25.7. The van der Waals surface area contributed by atoms with Crippen molar-refractivity contribution >= 4 is 22.7 Å². The molecule has 1 aliphatic heterocycles. The lowest BCUT2D eigenvalue weighted by atomic mass is 10.0. The quantitative estimate of drug-likeness (QED) is 0.467. The monoisotopic (exact) mass is 487 g/mol. The number of hydrogen-bond donors (Lipinski definition) is 0. The SMILES string of the molecule is CC(C)C[C@H]1COc2ccccc2C(=O)N(C)CCCCCCN1C(=O)c1ccc2ccccc2n1. The van der Waals surface area contributed by atoms with Gasteiger partial charge >= 0.3 is 0 Å². The molecule has 0 N–H and O–H groups in total. The van der Waals surface area contributed by atoms with Gasteiger partial charge < -0.3 is 14.5 Å². The molecule has 2 aromatic carbocycles. The maximum atomic E-state index is 13.9. The van der Waals surface area contributed by atoms with Gasteiger partial charge in [0.2, 0.25) is 0 Å². The van der Waals surface area contributed by atoms with Gasteiger partial charge in [0.1, 0.15) is 18.1 Å². The molecule has 0 bridgehead atoms. The van der Waals surface area contributed by atoms with E-state index >= 15 is 0 Å². The highest BCUT2D eigenvalue weighted by molar-refractivity contribution is 5.97. The fraction of sp³-hybridized carbons (Fsp3) is 0.433. The first-order chi connectivity index (χ1) is 17.4. The largest absolute Gasteiger partial charge is 0.491 e. The summed E-state index contributed by atoms with van der Waals surface area (Å²) in [5.41, 5.74) is 1.84. The first-order valence-electron chi connectivity index (χ1n) is 13.1. The van der Waals surface area contributed by atoms with Crippen LogP contribution < -0.4 is 4.74 Å². The number of aromatic nitrogens is 1. The number of pyridine rings is 1. The number of para-hydroxylation sites is 2. The van der Waals surface area contributed by atoms with E-state index < -0.39 is 0 Å². The van der Waals surface area contributed by atoms with E-state index in [-0.39, 0.29) is 17.9 Å². The lowest BCUT2D eigenvalue weighted by Gasteiger charge is -2.33. The number of carbonyl (C=O) groups excluding carboxylic acids is 2. The molecule has 1 aliphatic rings. The molecule has 1 aromatic heterocycles. The lowest BCUT2D eigenvalue weighted by molar-refractivity contribution is 0.0562. The van der Waals surface area contributed by atoms with Crippen LogP contribution in [0, 0.1) is 5.92 Å². The summed E-state index contributed by atoms with van der Waals surface area (Å²) < 4.78 is 6.29. The Morgan fingerprint density at radius 1 is 0.972 bits per heavy atom. The first-order valence-corrected chi connectivity index (χ1v) is 13.1. The van der Waals surface area contributed by atoms with E-state index in [1.807, 2.05) is 72.6 Å². The van der Waals surface area contributed by atoms with Crippen LogP contribution in [0.15, 0.2) is 60.7 Å². The van der Waals surface area contributed by atoms with Gasteiger partial charge in [-0.05, 0) is 49.4 Å². The Morgan fingerprint density at radius 3 is 2.50 bits per heavy atom. The van der Waals surface area contributed by atoms with Crippen molar-refractivity contribution in [2.45, 2.75) is 52.0 Å². The predicted molar refractivity (Wildman–Crippen MR) is 143 cm³/mol. The molecular weight excluding hydrogens is 450 g/mol. The van der Waals surface area contributed by atoms with E-state index in [1.165, 1.54) is 0 Å². The van der Waals surface area contributed by atoms with E-state index in [2.05, 4.69) is 13.8 Å². The van der Waals surface area contributed by atoms with Crippen LogP contribution in [0.2, 0.25) is 0 Å². The molecule has 0 fully saturated rings. The number of amides is 2. The van der Waals surface area contributed by atoms with Crippen molar-refractivity contribution in [3.8, 4) is 5.75 Å².